The SMILES string of the molecule is Cc1cccnc1C[C@H](C)n1cnnc1. The molecule has 0 aliphatic rings. The zero-order valence-electron chi connectivity index (χ0n) is 8.96. The van der Waals surface area contributed by atoms with Gasteiger partial charge in [-0.3, -0.25) is 4.98 Å². The van der Waals surface area contributed by atoms with E-state index in [2.05, 4.69) is 35.1 Å². The van der Waals surface area contributed by atoms with E-state index in [1.807, 2.05) is 16.8 Å². The molecule has 15 heavy (non-hydrogen) atoms. The van der Waals surface area contributed by atoms with Crippen LogP contribution in [0.2, 0.25) is 0 Å². The van der Waals surface area contributed by atoms with E-state index in [0.29, 0.717) is 6.04 Å². The third-order valence-electron chi connectivity index (χ3n) is 2.55. The first-order valence-corrected chi connectivity index (χ1v) is 5.02. The van der Waals surface area contributed by atoms with Crippen molar-refractivity contribution in [3.05, 3.63) is 42.2 Å². The van der Waals surface area contributed by atoms with Gasteiger partial charge in [-0.15, -0.1) is 10.2 Å². The van der Waals surface area contributed by atoms with Crippen molar-refractivity contribution in [1.29, 1.82) is 0 Å². The second-order valence-corrected chi connectivity index (χ2v) is 3.73. The summed E-state index contributed by atoms with van der Waals surface area (Å²) < 4.78 is 1.99. The van der Waals surface area contributed by atoms with Crippen LogP contribution in [0.4, 0.5) is 0 Å². The van der Waals surface area contributed by atoms with Gasteiger partial charge in [-0.2, -0.15) is 0 Å². The number of aryl methyl sites for hydroxylation is 1. The van der Waals surface area contributed by atoms with Crippen LogP contribution in [0.5, 0.6) is 0 Å². The van der Waals surface area contributed by atoms with E-state index in [0.717, 1.165) is 12.1 Å². The molecule has 0 saturated heterocycles. The number of nitrogens with zero attached hydrogens (tertiary/aromatic N) is 4. The molecule has 2 aromatic rings. The van der Waals surface area contributed by atoms with Gasteiger partial charge in [-0.05, 0) is 25.5 Å². The van der Waals surface area contributed by atoms with Gasteiger partial charge < -0.3 is 4.57 Å². The molecule has 2 rings (SSSR count). The summed E-state index contributed by atoms with van der Waals surface area (Å²) in [4.78, 5) is 4.37. The zero-order valence-corrected chi connectivity index (χ0v) is 8.96. The van der Waals surface area contributed by atoms with Crippen molar-refractivity contribution >= 4 is 0 Å². The molecule has 0 saturated carbocycles. The highest BCUT2D eigenvalue weighted by Crippen LogP contribution is 2.13. The molecular formula is C11H14N4. The molecule has 2 heterocycles. The lowest BCUT2D eigenvalue weighted by molar-refractivity contribution is 0.535. The number of hydrogen-bond donors (Lipinski definition) is 0. The molecule has 0 fully saturated rings. The van der Waals surface area contributed by atoms with E-state index in [1.165, 1.54) is 5.56 Å². The van der Waals surface area contributed by atoms with Crippen LogP contribution in [0.15, 0.2) is 31.0 Å². The van der Waals surface area contributed by atoms with Gasteiger partial charge in [0.05, 0.1) is 0 Å². The molecule has 0 amide bonds. The van der Waals surface area contributed by atoms with E-state index in [4.69, 9.17) is 0 Å². The second-order valence-electron chi connectivity index (χ2n) is 3.73. The first-order chi connectivity index (χ1) is 7.27. The van der Waals surface area contributed by atoms with Crippen LogP contribution >= 0.6 is 0 Å². The van der Waals surface area contributed by atoms with E-state index in [1.54, 1.807) is 12.7 Å². The predicted octanol–water partition coefficient (Wildman–Crippen LogP) is 1.79. The number of aromatic nitrogens is 4. The second kappa shape index (κ2) is 4.21. The quantitative estimate of drug-likeness (QED) is 0.762. The Morgan fingerprint density at radius 2 is 2.07 bits per heavy atom. The normalized spacial score (nSPS) is 12.7. The van der Waals surface area contributed by atoms with Gasteiger partial charge in [0.2, 0.25) is 0 Å². The fraction of sp³-hybridized carbons (Fsp3) is 0.364. The van der Waals surface area contributed by atoms with Crippen molar-refractivity contribution in [3.8, 4) is 0 Å². The van der Waals surface area contributed by atoms with Gasteiger partial charge in [0.1, 0.15) is 12.7 Å². The van der Waals surface area contributed by atoms with Crippen molar-refractivity contribution in [2.45, 2.75) is 26.3 Å². The average Bonchev–Trinajstić information content (AvgIpc) is 2.74. The van der Waals surface area contributed by atoms with Crippen molar-refractivity contribution in [1.82, 2.24) is 19.7 Å². The maximum Gasteiger partial charge on any atom is 0.119 e. The summed E-state index contributed by atoms with van der Waals surface area (Å²) in [5.74, 6) is 0. The van der Waals surface area contributed by atoms with Gasteiger partial charge in [0, 0.05) is 24.4 Å². The summed E-state index contributed by atoms with van der Waals surface area (Å²) in [5.41, 5.74) is 2.37. The maximum absolute atomic E-state index is 4.37. The van der Waals surface area contributed by atoms with Gasteiger partial charge in [0.15, 0.2) is 0 Å². The maximum atomic E-state index is 4.37. The first kappa shape index (κ1) is 9.83. The van der Waals surface area contributed by atoms with Crippen LogP contribution < -0.4 is 0 Å². The number of pyridine rings is 1. The van der Waals surface area contributed by atoms with E-state index in [-0.39, 0.29) is 0 Å². The zero-order chi connectivity index (χ0) is 10.7. The van der Waals surface area contributed by atoms with Crippen molar-refractivity contribution in [2.75, 3.05) is 0 Å². The highest BCUT2D eigenvalue weighted by atomic mass is 15.2. The summed E-state index contributed by atoms with van der Waals surface area (Å²) in [6.45, 7) is 4.22. The predicted molar refractivity (Wildman–Crippen MR) is 57.4 cm³/mol. The van der Waals surface area contributed by atoms with E-state index in [9.17, 15) is 0 Å². The standard InChI is InChI=1S/C11H14N4/c1-9-4-3-5-12-11(9)6-10(2)15-7-13-14-8-15/h3-5,7-8,10H,6H2,1-2H3/t10-/m0/s1. The van der Waals surface area contributed by atoms with Crippen molar-refractivity contribution < 1.29 is 0 Å². The number of hydrogen-bond acceptors (Lipinski definition) is 3. The van der Waals surface area contributed by atoms with Crippen LogP contribution in [0.3, 0.4) is 0 Å². The fourth-order valence-electron chi connectivity index (χ4n) is 1.55. The van der Waals surface area contributed by atoms with Gasteiger partial charge in [-0.1, -0.05) is 6.07 Å². The Morgan fingerprint density at radius 1 is 1.33 bits per heavy atom. The highest BCUT2D eigenvalue weighted by molar-refractivity contribution is 5.18. The van der Waals surface area contributed by atoms with Gasteiger partial charge in [-0.25, -0.2) is 0 Å². The summed E-state index contributed by atoms with van der Waals surface area (Å²) >= 11 is 0. The Kier molecular flexibility index (Phi) is 2.76. The topological polar surface area (TPSA) is 43.6 Å². The minimum atomic E-state index is 0.341. The summed E-state index contributed by atoms with van der Waals surface area (Å²) in [7, 11) is 0. The molecule has 1 atom stereocenters. The molecular weight excluding hydrogens is 188 g/mol. The molecule has 0 aromatic carbocycles. The Balaban J connectivity index is 2.13. The number of rotatable bonds is 3. The largest absolute Gasteiger partial charge is 0.317 e. The summed E-state index contributed by atoms with van der Waals surface area (Å²) in [6, 6.07) is 4.39. The molecule has 4 nitrogen and oxygen atoms in total. The first-order valence-electron chi connectivity index (χ1n) is 5.02. The molecule has 0 bridgehead atoms. The minimum Gasteiger partial charge on any atom is -0.317 e. The Labute approximate surface area is 89.0 Å². The summed E-state index contributed by atoms with van der Waals surface area (Å²) in [5, 5.41) is 7.60. The molecule has 0 radical (unpaired) electrons. The third kappa shape index (κ3) is 2.21. The van der Waals surface area contributed by atoms with Gasteiger partial charge in [0.25, 0.3) is 0 Å². The highest BCUT2D eigenvalue weighted by Gasteiger charge is 2.07. The van der Waals surface area contributed by atoms with Crippen LogP contribution in [0.1, 0.15) is 24.2 Å². The van der Waals surface area contributed by atoms with Gasteiger partial charge >= 0.3 is 0 Å². The van der Waals surface area contributed by atoms with Crippen molar-refractivity contribution in [3.63, 3.8) is 0 Å². The minimum absolute atomic E-state index is 0.341. The van der Waals surface area contributed by atoms with Crippen molar-refractivity contribution in [2.24, 2.45) is 0 Å². The molecule has 0 N–H and O–H groups in total. The lowest BCUT2D eigenvalue weighted by Gasteiger charge is -2.12. The Morgan fingerprint density at radius 3 is 2.73 bits per heavy atom. The smallest absolute Gasteiger partial charge is 0.119 e. The molecule has 0 aliphatic carbocycles. The monoisotopic (exact) mass is 202 g/mol. The average molecular weight is 202 g/mol. The molecule has 2 aromatic heterocycles. The molecule has 0 spiro atoms. The van der Waals surface area contributed by atoms with Crippen LogP contribution in [0.25, 0.3) is 0 Å². The Hall–Kier alpha value is -1.71. The lowest BCUT2D eigenvalue weighted by Crippen LogP contribution is -2.08. The third-order valence-corrected chi connectivity index (χ3v) is 2.55. The van der Waals surface area contributed by atoms with E-state index < -0.39 is 0 Å². The summed E-state index contributed by atoms with van der Waals surface area (Å²) in [6.07, 6.45) is 6.22. The van der Waals surface area contributed by atoms with Crippen LogP contribution in [0, 0.1) is 6.92 Å². The lowest BCUT2D eigenvalue weighted by atomic mass is 10.1. The molecule has 78 valence electrons. The molecule has 0 unspecified atom stereocenters. The molecule has 0 aliphatic heterocycles. The fourth-order valence-corrected chi connectivity index (χ4v) is 1.55. The Bertz CT molecular complexity index is 422. The molecule has 4 heteroatoms. The van der Waals surface area contributed by atoms with E-state index >= 15 is 0 Å². The van der Waals surface area contributed by atoms with Crippen LogP contribution in [-0.2, 0) is 6.42 Å². The van der Waals surface area contributed by atoms with Crippen LogP contribution in [-0.4, -0.2) is 19.7 Å².